The number of ether oxygens (including phenoxy) is 2. The normalized spacial score (nSPS) is 27.0. The van der Waals surface area contributed by atoms with Crippen LogP contribution >= 0.6 is 0 Å². The van der Waals surface area contributed by atoms with Crippen LogP contribution in [-0.4, -0.2) is 64.6 Å². The molecule has 11 heteroatoms. The van der Waals surface area contributed by atoms with Crippen LogP contribution in [0.25, 0.3) is 5.65 Å². The van der Waals surface area contributed by atoms with Gasteiger partial charge in [0, 0.05) is 50.3 Å². The molecule has 2 aliphatic carbocycles. The van der Waals surface area contributed by atoms with E-state index in [2.05, 4.69) is 26.0 Å². The molecule has 6 rings (SSSR count). The Balaban J connectivity index is 1.27. The van der Waals surface area contributed by atoms with Crippen molar-refractivity contribution in [2.45, 2.75) is 43.9 Å². The van der Waals surface area contributed by atoms with Crippen LogP contribution in [0, 0.1) is 11.8 Å². The number of pyridine rings is 1. The van der Waals surface area contributed by atoms with Gasteiger partial charge in [0.2, 0.25) is 0 Å². The average molecular weight is 494 g/mol. The van der Waals surface area contributed by atoms with Gasteiger partial charge in [-0.3, -0.25) is 9.59 Å². The van der Waals surface area contributed by atoms with E-state index in [9.17, 15) is 9.59 Å². The highest BCUT2D eigenvalue weighted by molar-refractivity contribution is 6.00. The summed E-state index contributed by atoms with van der Waals surface area (Å²) in [6, 6.07) is 5.62. The maximum atomic E-state index is 13.2. The molecule has 3 aliphatic rings. The van der Waals surface area contributed by atoms with Crippen molar-refractivity contribution in [2.24, 2.45) is 11.8 Å². The molecule has 4 heterocycles. The van der Waals surface area contributed by atoms with Gasteiger partial charge in [0.25, 0.3) is 11.5 Å². The number of hydrogen-bond acceptors (Lipinski definition) is 8. The summed E-state index contributed by atoms with van der Waals surface area (Å²) in [6.07, 6.45) is 7.26. The molecule has 11 nitrogen and oxygen atoms in total. The minimum Gasteiger partial charge on any atom is -0.381 e. The van der Waals surface area contributed by atoms with Crippen molar-refractivity contribution in [2.75, 3.05) is 38.0 Å². The van der Waals surface area contributed by atoms with Crippen molar-refractivity contribution in [1.29, 1.82) is 0 Å². The van der Waals surface area contributed by atoms with E-state index in [1.54, 1.807) is 35.4 Å². The summed E-state index contributed by atoms with van der Waals surface area (Å²) < 4.78 is 14.4. The molecule has 5 atom stereocenters. The Hall–Kier alpha value is -3.44. The van der Waals surface area contributed by atoms with Gasteiger partial charge in [-0.2, -0.15) is 9.61 Å². The molecule has 2 saturated carbocycles. The molecular formula is C25H31N7O4. The van der Waals surface area contributed by atoms with Crippen molar-refractivity contribution in [3.8, 4) is 0 Å². The molecule has 1 saturated heterocycles. The van der Waals surface area contributed by atoms with E-state index in [-0.39, 0.29) is 29.7 Å². The number of nitrogens with zero attached hydrogens (tertiary/aromatic N) is 4. The molecule has 0 unspecified atom stereocenters. The number of carbonyl (C=O) groups is 1. The lowest BCUT2D eigenvalue weighted by Crippen LogP contribution is -2.40. The van der Waals surface area contributed by atoms with Crippen LogP contribution < -0.4 is 21.5 Å². The molecule has 0 spiro atoms. The Bertz CT molecular complexity index is 1340. The molecule has 0 bridgehead atoms. The van der Waals surface area contributed by atoms with E-state index in [0.717, 1.165) is 25.7 Å². The first-order chi connectivity index (χ1) is 17.6. The van der Waals surface area contributed by atoms with Gasteiger partial charge in [-0.05, 0) is 37.8 Å². The molecule has 3 aromatic heterocycles. The second-order valence-electron chi connectivity index (χ2n) is 9.88. The Morgan fingerprint density at radius 3 is 2.86 bits per heavy atom. The van der Waals surface area contributed by atoms with Gasteiger partial charge in [-0.1, -0.05) is 0 Å². The summed E-state index contributed by atoms with van der Waals surface area (Å²) in [7, 11) is 3.49. The van der Waals surface area contributed by atoms with E-state index < -0.39 is 0 Å². The van der Waals surface area contributed by atoms with E-state index in [1.165, 1.54) is 6.20 Å². The molecular weight excluding hydrogens is 462 g/mol. The first kappa shape index (κ1) is 23.0. The number of carbonyl (C=O) groups excluding carboxylic acids is 1. The molecule has 1 aliphatic heterocycles. The number of amides is 1. The van der Waals surface area contributed by atoms with Crippen molar-refractivity contribution >= 4 is 28.9 Å². The van der Waals surface area contributed by atoms with Gasteiger partial charge < -0.3 is 30.0 Å². The van der Waals surface area contributed by atoms with Crippen molar-refractivity contribution in [1.82, 2.24) is 24.5 Å². The zero-order valence-electron chi connectivity index (χ0n) is 20.4. The monoisotopic (exact) mass is 493 g/mol. The van der Waals surface area contributed by atoms with Crippen LogP contribution in [-0.2, 0) is 9.47 Å². The Kier molecular flexibility index (Phi) is 5.88. The Labute approximate surface area is 208 Å². The molecule has 0 radical (unpaired) electrons. The number of rotatable bonds is 7. The first-order valence-electron chi connectivity index (χ1n) is 12.5. The third-order valence-corrected chi connectivity index (χ3v) is 7.73. The lowest BCUT2D eigenvalue weighted by molar-refractivity contribution is 0.0563. The van der Waals surface area contributed by atoms with Crippen molar-refractivity contribution in [3.05, 3.63) is 46.5 Å². The molecule has 36 heavy (non-hydrogen) atoms. The van der Waals surface area contributed by atoms with E-state index in [0.29, 0.717) is 53.6 Å². The van der Waals surface area contributed by atoms with Crippen LogP contribution in [0.5, 0.6) is 0 Å². The van der Waals surface area contributed by atoms with Crippen LogP contribution in [0.1, 0.15) is 42.1 Å². The number of fused-ring (bicyclic) bond motifs is 2. The van der Waals surface area contributed by atoms with E-state index in [4.69, 9.17) is 9.47 Å². The third-order valence-electron chi connectivity index (χ3n) is 7.73. The van der Waals surface area contributed by atoms with Crippen molar-refractivity contribution < 1.29 is 14.3 Å². The summed E-state index contributed by atoms with van der Waals surface area (Å²) in [5.74, 6) is 1.71. The molecule has 1 amide bonds. The third kappa shape index (κ3) is 4.01. The van der Waals surface area contributed by atoms with Gasteiger partial charge in [-0.25, -0.2) is 4.98 Å². The zero-order valence-corrected chi connectivity index (χ0v) is 20.4. The summed E-state index contributed by atoms with van der Waals surface area (Å²) in [4.78, 5) is 31.1. The van der Waals surface area contributed by atoms with Gasteiger partial charge in [0.05, 0.1) is 25.5 Å². The van der Waals surface area contributed by atoms with Crippen LogP contribution in [0.3, 0.4) is 0 Å². The number of anilines is 3. The number of aromatic nitrogens is 4. The fraction of sp³-hybridized carbons (Fsp3) is 0.520. The van der Waals surface area contributed by atoms with E-state index >= 15 is 0 Å². The SMILES string of the molecule is CNc1cc(Nc2cccn([C@H]3[C@@H]4COC[C@@H]43)c2=O)nc2c(C(=O)N[C@@H]3CCC[C@@H](OC)C3)cnn12. The van der Waals surface area contributed by atoms with Crippen LogP contribution in [0.2, 0.25) is 0 Å². The topological polar surface area (TPSA) is 124 Å². The summed E-state index contributed by atoms with van der Waals surface area (Å²) in [6.45, 7) is 1.42. The summed E-state index contributed by atoms with van der Waals surface area (Å²) in [5, 5.41) is 13.8. The molecule has 3 N–H and O–H groups in total. The van der Waals surface area contributed by atoms with Gasteiger partial charge in [0.15, 0.2) is 5.65 Å². The minimum absolute atomic E-state index is 0.0475. The van der Waals surface area contributed by atoms with Crippen LogP contribution in [0.4, 0.5) is 17.3 Å². The smallest absolute Gasteiger partial charge is 0.274 e. The zero-order chi connectivity index (χ0) is 24.8. The lowest BCUT2D eigenvalue weighted by Gasteiger charge is -2.28. The second-order valence-corrected chi connectivity index (χ2v) is 9.88. The quantitative estimate of drug-likeness (QED) is 0.458. The maximum absolute atomic E-state index is 13.2. The fourth-order valence-electron chi connectivity index (χ4n) is 5.72. The van der Waals surface area contributed by atoms with E-state index in [1.807, 2.05) is 12.3 Å². The number of methoxy groups -OCH3 is 1. The summed E-state index contributed by atoms with van der Waals surface area (Å²) in [5.41, 5.74) is 1.12. The van der Waals surface area contributed by atoms with Gasteiger partial charge in [0.1, 0.15) is 22.9 Å². The highest BCUT2D eigenvalue weighted by atomic mass is 16.5. The number of hydrogen-bond donors (Lipinski definition) is 3. The largest absolute Gasteiger partial charge is 0.381 e. The predicted molar refractivity (Wildman–Crippen MR) is 134 cm³/mol. The minimum atomic E-state index is -0.219. The summed E-state index contributed by atoms with van der Waals surface area (Å²) >= 11 is 0. The highest BCUT2D eigenvalue weighted by Crippen LogP contribution is 2.53. The van der Waals surface area contributed by atoms with Crippen LogP contribution in [0.15, 0.2) is 35.4 Å². The average Bonchev–Trinajstić information content (AvgIpc) is 3.21. The Morgan fingerprint density at radius 2 is 2.08 bits per heavy atom. The highest BCUT2D eigenvalue weighted by Gasteiger charge is 2.55. The molecule has 0 aromatic carbocycles. The van der Waals surface area contributed by atoms with Crippen molar-refractivity contribution in [3.63, 3.8) is 0 Å². The Morgan fingerprint density at radius 1 is 1.25 bits per heavy atom. The predicted octanol–water partition coefficient (Wildman–Crippen LogP) is 2.18. The molecule has 3 fully saturated rings. The maximum Gasteiger partial charge on any atom is 0.274 e. The molecule has 190 valence electrons. The second kappa shape index (κ2) is 9.21. The fourth-order valence-corrected chi connectivity index (χ4v) is 5.72. The standard InChI is InChI=1S/C25H31N7O4/c1-26-21-10-20(29-19-7-4-8-31(25(19)34)22-17-12-36-13-18(17)22)30-23-16(11-27-32(21)23)24(33)28-14-5-3-6-15(9-14)35-2/h4,7-8,10-11,14-15,17-18,22,26H,3,5-6,9,12-13H2,1-2H3,(H,28,33)(H,29,30)/t14-,15-,17-,18+,22+/m1/s1. The van der Waals surface area contributed by atoms with Gasteiger partial charge >= 0.3 is 0 Å². The lowest BCUT2D eigenvalue weighted by atomic mass is 9.92. The number of nitrogens with one attached hydrogen (secondary N) is 3. The van der Waals surface area contributed by atoms with Gasteiger partial charge in [-0.15, -0.1) is 0 Å². The molecule has 3 aromatic rings. The first-order valence-corrected chi connectivity index (χ1v) is 12.5.